The molecule has 1 aliphatic heterocycles. The monoisotopic (exact) mass is 212 g/mol. The first-order valence-electron chi connectivity index (χ1n) is 5.42. The third-order valence-corrected chi connectivity index (χ3v) is 2.76. The molecule has 0 spiro atoms. The van der Waals surface area contributed by atoms with Crippen LogP contribution in [0.5, 0.6) is 0 Å². The standard InChI is InChI=1S/C12H20O3/c1-3-5-9(13)11-7-8-12(15-11)10(14)6-4-2/h3-4,9-14H,1-2,5-8H2. The summed E-state index contributed by atoms with van der Waals surface area (Å²) in [5, 5.41) is 19.4. The van der Waals surface area contributed by atoms with Gasteiger partial charge in [0.15, 0.2) is 0 Å². The Morgan fingerprint density at radius 1 is 1.07 bits per heavy atom. The van der Waals surface area contributed by atoms with Crippen LogP contribution in [0.3, 0.4) is 0 Å². The number of aliphatic hydroxyl groups excluding tert-OH is 2. The summed E-state index contributed by atoms with van der Waals surface area (Å²) in [5.41, 5.74) is 0. The molecule has 1 aliphatic rings. The zero-order valence-electron chi connectivity index (χ0n) is 9.01. The first-order chi connectivity index (χ1) is 7.19. The lowest BCUT2D eigenvalue weighted by Crippen LogP contribution is -2.30. The molecule has 4 atom stereocenters. The highest BCUT2D eigenvalue weighted by Crippen LogP contribution is 2.26. The predicted octanol–water partition coefficient (Wildman–Crippen LogP) is 1.41. The van der Waals surface area contributed by atoms with Crippen molar-refractivity contribution < 1.29 is 14.9 Å². The number of hydrogen-bond donors (Lipinski definition) is 2. The molecular formula is C12H20O3. The topological polar surface area (TPSA) is 49.7 Å². The fraction of sp³-hybridized carbons (Fsp3) is 0.667. The molecule has 1 saturated heterocycles. The summed E-state index contributed by atoms with van der Waals surface area (Å²) in [6.45, 7) is 7.15. The number of ether oxygens (including phenoxy) is 1. The molecule has 0 aromatic carbocycles. The lowest BCUT2D eigenvalue weighted by Gasteiger charge is -2.20. The minimum absolute atomic E-state index is 0.160. The van der Waals surface area contributed by atoms with Crippen molar-refractivity contribution in [2.24, 2.45) is 0 Å². The predicted molar refractivity (Wildman–Crippen MR) is 59.5 cm³/mol. The number of aliphatic hydroxyl groups is 2. The molecule has 0 amide bonds. The zero-order chi connectivity index (χ0) is 11.3. The van der Waals surface area contributed by atoms with Crippen LogP contribution < -0.4 is 0 Å². The molecule has 0 aromatic heterocycles. The Morgan fingerprint density at radius 3 is 1.80 bits per heavy atom. The van der Waals surface area contributed by atoms with Crippen LogP contribution in [-0.2, 0) is 4.74 Å². The van der Waals surface area contributed by atoms with Gasteiger partial charge >= 0.3 is 0 Å². The second-order valence-corrected chi connectivity index (χ2v) is 3.97. The number of hydrogen-bond acceptors (Lipinski definition) is 3. The van der Waals surface area contributed by atoms with Gasteiger partial charge in [0.2, 0.25) is 0 Å². The van der Waals surface area contributed by atoms with Crippen LogP contribution in [0, 0.1) is 0 Å². The molecule has 86 valence electrons. The van der Waals surface area contributed by atoms with Gasteiger partial charge in [-0.2, -0.15) is 0 Å². The van der Waals surface area contributed by atoms with Crippen LogP contribution in [0.2, 0.25) is 0 Å². The first kappa shape index (κ1) is 12.4. The van der Waals surface area contributed by atoms with E-state index in [1.807, 2.05) is 0 Å². The lowest BCUT2D eigenvalue weighted by molar-refractivity contribution is -0.0726. The second kappa shape index (κ2) is 6.05. The quantitative estimate of drug-likeness (QED) is 0.654. The Labute approximate surface area is 91.1 Å². The Kier molecular flexibility index (Phi) is 5.02. The largest absolute Gasteiger partial charge is 0.390 e. The van der Waals surface area contributed by atoms with E-state index < -0.39 is 12.2 Å². The van der Waals surface area contributed by atoms with Gasteiger partial charge in [0.05, 0.1) is 24.4 Å². The minimum Gasteiger partial charge on any atom is -0.390 e. The van der Waals surface area contributed by atoms with Crippen molar-refractivity contribution in [2.45, 2.75) is 50.1 Å². The fourth-order valence-electron chi connectivity index (χ4n) is 1.90. The Balaban J connectivity index is 2.37. The minimum atomic E-state index is -0.497. The maximum Gasteiger partial charge on any atom is 0.0843 e. The summed E-state index contributed by atoms with van der Waals surface area (Å²) in [6, 6.07) is 0. The Morgan fingerprint density at radius 2 is 1.47 bits per heavy atom. The summed E-state index contributed by atoms with van der Waals surface area (Å²) in [4.78, 5) is 0. The normalized spacial score (nSPS) is 29.7. The third kappa shape index (κ3) is 3.45. The van der Waals surface area contributed by atoms with Gasteiger partial charge in [0.1, 0.15) is 0 Å². The van der Waals surface area contributed by atoms with Crippen LogP contribution in [0.25, 0.3) is 0 Å². The van der Waals surface area contributed by atoms with Crippen molar-refractivity contribution in [3.63, 3.8) is 0 Å². The van der Waals surface area contributed by atoms with E-state index in [9.17, 15) is 10.2 Å². The maximum absolute atomic E-state index is 9.68. The average Bonchev–Trinajstić information content (AvgIpc) is 2.67. The van der Waals surface area contributed by atoms with Crippen molar-refractivity contribution in [3.8, 4) is 0 Å². The third-order valence-electron chi connectivity index (χ3n) is 2.76. The molecule has 3 nitrogen and oxygen atoms in total. The van der Waals surface area contributed by atoms with E-state index in [-0.39, 0.29) is 12.2 Å². The van der Waals surface area contributed by atoms with Crippen molar-refractivity contribution in [2.75, 3.05) is 0 Å². The SMILES string of the molecule is C=CCC(O)C1CCC(C(O)CC=C)O1. The van der Waals surface area contributed by atoms with Crippen molar-refractivity contribution in [1.82, 2.24) is 0 Å². The highest BCUT2D eigenvalue weighted by atomic mass is 16.5. The van der Waals surface area contributed by atoms with E-state index in [0.29, 0.717) is 12.8 Å². The summed E-state index contributed by atoms with van der Waals surface area (Å²) >= 11 is 0. The summed E-state index contributed by atoms with van der Waals surface area (Å²) < 4.78 is 5.59. The van der Waals surface area contributed by atoms with E-state index in [4.69, 9.17) is 4.74 Å². The van der Waals surface area contributed by atoms with Crippen LogP contribution in [-0.4, -0.2) is 34.6 Å². The summed E-state index contributed by atoms with van der Waals surface area (Å²) in [7, 11) is 0. The molecule has 0 aliphatic carbocycles. The van der Waals surface area contributed by atoms with E-state index >= 15 is 0 Å². The van der Waals surface area contributed by atoms with Gasteiger partial charge in [-0.1, -0.05) is 12.2 Å². The van der Waals surface area contributed by atoms with Crippen molar-refractivity contribution >= 4 is 0 Å². The van der Waals surface area contributed by atoms with Crippen LogP contribution in [0.15, 0.2) is 25.3 Å². The average molecular weight is 212 g/mol. The smallest absolute Gasteiger partial charge is 0.0843 e. The Bertz CT molecular complexity index is 193. The highest BCUT2D eigenvalue weighted by Gasteiger charge is 2.33. The summed E-state index contributed by atoms with van der Waals surface area (Å²) in [6.07, 6.45) is 4.72. The molecule has 15 heavy (non-hydrogen) atoms. The van der Waals surface area contributed by atoms with E-state index in [1.54, 1.807) is 12.2 Å². The first-order valence-corrected chi connectivity index (χ1v) is 5.42. The molecule has 1 rings (SSSR count). The van der Waals surface area contributed by atoms with E-state index in [2.05, 4.69) is 13.2 Å². The lowest BCUT2D eigenvalue weighted by atomic mass is 10.0. The molecule has 0 bridgehead atoms. The molecule has 0 aromatic rings. The second-order valence-electron chi connectivity index (χ2n) is 3.97. The number of rotatable bonds is 6. The molecule has 2 N–H and O–H groups in total. The zero-order valence-corrected chi connectivity index (χ0v) is 9.01. The van der Waals surface area contributed by atoms with Gasteiger partial charge in [0.25, 0.3) is 0 Å². The molecule has 3 heteroatoms. The van der Waals surface area contributed by atoms with Gasteiger partial charge in [-0.05, 0) is 25.7 Å². The van der Waals surface area contributed by atoms with Gasteiger partial charge in [0, 0.05) is 0 Å². The van der Waals surface area contributed by atoms with Gasteiger partial charge < -0.3 is 14.9 Å². The molecule has 0 radical (unpaired) electrons. The molecule has 1 heterocycles. The maximum atomic E-state index is 9.68. The molecule has 1 fully saturated rings. The Hall–Kier alpha value is -0.640. The van der Waals surface area contributed by atoms with Gasteiger partial charge in [-0.3, -0.25) is 0 Å². The molecule has 4 unspecified atom stereocenters. The van der Waals surface area contributed by atoms with Crippen molar-refractivity contribution in [1.29, 1.82) is 0 Å². The molecular weight excluding hydrogens is 192 g/mol. The van der Waals surface area contributed by atoms with Crippen LogP contribution >= 0.6 is 0 Å². The van der Waals surface area contributed by atoms with Gasteiger partial charge in [-0.25, -0.2) is 0 Å². The highest BCUT2D eigenvalue weighted by molar-refractivity contribution is 4.88. The fourth-order valence-corrected chi connectivity index (χ4v) is 1.90. The molecule has 0 saturated carbocycles. The van der Waals surface area contributed by atoms with Crippen LogP contribution in [0.1, 0.15) is 25.7 Å². The van der Waals surface area contributed by atoms with E-state index in [1.165, 1.54) is 0 Å². The summed E-state index contributed by atoms with van der Waals surface area (Å²) in [5.74, 6) is 0. The van der Waals surface area contributed by atoms with Crippen molar-refractivity contribution in [3.05, 3.63) is 25.3 Å². The van der Waals surface area contributed by atoms with E-state index in [0.717, 1.165) is 12.8 Å². The van der Waals surface area contributed by atoms with Crippen LogP contribution in [0.4, 0.5) is 0 Å². The van der Waals surface area contributed by atoms with Gasteiger partial charge in [-0.15, -0.1) is 13.2 Å².